The molecule has 7 heteroatoms. The Morgan fingerprint density at radius 1 is 1.44 bits per heavy atom. The summed E-state index contributed by atoms with van der Waals surface area (Å²) in [6, 6.07) is 1.08. The number of rotatable bonds is 6. The molecule has 1 aromatic heterocycles. The summed E-state index contributed by atoms with van der Waals surface area (Å²) in [7, 11) is 0.612. The van der Waals surface area contributed by atoms with E-state index in [2.05, 4.69) is 29.6 Å². The molecule has 0 aliphatic heterocycles. The zero-order chi connectivity index (χ0) is 13.8. The zero-order valence-electron chi connectivity index (χ0n) is 11.2. The van der Waals surface area contributed by atoms with E-state index in [-0.39, 0.29) is 17.8 Å². The maximum atomic E-state index is 13.4. The van der Waals surface area contributed by atoms with Crippen LogP contribution in [0.25, 0.3) is 0 Å². The lowest BCUT2D eigenvalue weighted by molar-refractivity contribution is 0.149. The number of anilines is 1. The van der Waals surface area contributed by atoms with Crippen molar-refractivity contribution in [2.45, 2.75) is 25.7 Å². The van der Waals surface area contributed by atoms with Gasteiger partial charge in [-0.25, -0.2) is 9.37 Å². The van der Waals surface area contributed by atoms with Gasteiger partial charge in [0.1, 0.15) is 6.73 Å². The van der Waals surface area contributed by atoms with E-state index < -0.39 is 13.9 Å². The second-order valence-electron chi connectivity index (χ2n) is 5.36. The van der Waals surface area contributed by atoms with Crippen LogP contribution in [0.1, 0.15) is 0 Å². The number of hydrogen-bond acceptors (Lipinski definition) is 4. The van der Waals surface area contributed by atoms with Crippen LogP contribution in [-0.4, -0.2) is 38.4 Å². The van der Waals surface area contributed by atoms with Crippen molar-refractivity contribution in [3.8, 4) is 0 Å². The first-order chi connectivity index (χ1) is 8.29. The fourth-order valence-corrected chi connectivity index (χ4v) is 2.13. The molecule has 1 heterocycles. The largest absolute Gasteiger partial charge is 0.361 e. The van der Waals surface area contributed by atoms with Crippen molar-refractivity contribution in [1.29, 1.82) is 0 Å². The molecule has 0 saturated carbocycles. The topological polar surface area (TPSA) is 38.2 Å². The van der Waals surface area contributed by atoms with Gasteiger partial charge >= 0.3 is 0 Å². The highest BCUT2D eigenvalue weighted by atomic mass is 35.5. The summed E-state index contributed by atoms with van der Waals surface area (Å²) in [6.07, 6.45) is 1.06. The lowest BCUT2D eigenvalue weighted by Crippen LogP contribution is -2.26. The SMILES string of the molecule is CN(COCC[Si](C)(C)C)c1nc(Cl)ncc1F. The first-order valence-electron chi connectivity index (χ1n) is 5.76. The molecule has 0 amide bonds. The second-order valence-corrected chi connectivity index (χ2v) is 11.3. The van der Waals surface area contributed by atoms with E-state index in [1.807, 2.05) is 0 Å². The number of ether oxygens (including phenoxy) is 1. The van der Waals surface area contributed by atoms with Crippen LogP contribution in [0, 0.1) is 5.82 Å². The maximum Gasteiger partial charge on any atom is 0.224 e. The smallest absolute Gasteiger partial charge is 0.224 e. The highest BCUT2D eigenvalue weighted by Crippen LogP contribution is 2.16. The van der Waals surface area contributed by atoms with Gasteiger partial charge in [-0.05, 0) is 17.6 Å². The predicted molar refractivity (Wildman–Crippen MR) is 74.4 cm³/mol. The van der Waals surface area contributed by atoms with Crippen molar-refractivity contribution >= 4 is 25.5 Å². The standard InChI is InChI=1S/C11H19ClFN3OSi/c1-16(8-17-5-6-18(2,3)4)10-9(13)7-14-11(12)15-10/h7H,5-6,8H2,1-4H3. The first-order valence-corrected chi connectivity index (χ1v) is 9.85. The Morgan fingerprint density at radius 2 is 2.11 bits per heavy atom. The Kier molecular flexibility index (Phi) is 5.49. The Balaban J connectivity index is 2.45. The van der Waals surface area contributed by atoms with Gasteiger partial charge in [-0.15, -0.1) is 0 Å². The molecule has 0 bridgehead atoms. The van der Waals surface area contributed by atoms with Gasteiger partial charge in [0, 0.05) is 21.7 Å². The van der Waals surface area contributed by atoms with Crippen LogP contribution in [0.15, 0.2) is 6.20 Å². The van der Waals surface area contributed by atoms with Crippen molar-refractivity contribution in [2.24, 2.45) is 0 Å². The summed E-state index contributed by atoms with van der Waals surface area (Å²) in [5, 5.41) is 0.0281. The molecule has 4 nitrogen and oxygen atoms in total. The van der Waals surface area contributed by atoms with E-state index in [4.69, 9.17) is 16.3 Å². The van der Waals surface area contributed by atoms with Crippen molar-refractivity contribution in [2.75, 3.05) is 25.3 Å². The zero-order valence-corrected chi connectivity index (χ0v) is 13.0. The third kappa shape index (κ3) is 5.28. The average molecular weight is 292 g/mol. The van der Waals surface area contributed by atoms with E-state index in [0.29, 0.717) is 6.61 Å². The minimum Gasteiger partial charge on any atom is -0.361 e. The lowest BCUT2D eigenvalue weighted by Gasteiger charge is -2.20. The molecule has 0 radical (unpaired) electrons. The number of halogens is 2. The molecule has 102 valence electrons. The fourth-order valence-electron chi connectivity index (χ4n) is 1.25. The summed E-state index contributed by atoms with van der Waals surface area (Å²) in [5.74, 6) is -0.348. The molecule has 1 rings (SSSR count). The molecule has 0 aliphatic rings. The van der Waals surface area contributed by atoms with Gasteiger partial charge in [-0.1, -0.05) is 19.6 Å². The lowest BCUT2D eigenvalue weighted by atomic mass is 10.5. The van der Waals surface area contributed by atoms with Crippen molar-refractivity contribution < 1.29 is 9.13 Å². The third-order valence-electron chi connectivity index (χ3n) is 2.34. The predicted octanol–water partition coefficient (Wildman–Crippen LogP) is 3.02. The summed E-state index contributed by atoms with van der Waals surface area (Å²) in [6.45, 7) is 7.81. The molecule has 18 heavy (non-hydrogen) atoms. The van der Waals surface area contributed by atoms with Crippen LogP contribution in [0.4, 0.5) is 10.2 Å². The van der Waals surface area contributed by atoms with Crippen LogP contribution in [-0.2, 0) is 4.74 Å². The molecule has 1 aromatic rings. The molecule has 0 spiro atoms. The highest BCUT2D eigenvalue weighted by Gasteiger charge is 2.14. The Hall–Kier alpha value is -0.723. The normalized spacial score (nSPS) is 11.7. The Bertz CT molecular complexity index is 400. The van der Waals surface area contributed by atoms with Gasteiger partial charge in [0.05, 0.1) is 6.20 Å². The molecule has 0 aromatic carbocycles. The summed E-state index contributed by atoms with van der Waals surface area (Å²) in [4.78, 5) is 8.98. The summed E-state index contributed by atoms with van der Waals surface area (Å²) < 4.78 is 19.0. The quantitative estimate of drug-likeness (QED) is 0.349. The van der Waals surface area contributed by atoms with Gasteiger partial charge in [0.15, 0.2) is 11.6 Å². The molecule has 0 atom stereocenters. The van der Waals surface area contributed by atoms with Crippen LogP contribution < -0.4 is 4.90 Å². The van der Waals surface area contributed by atoms with E-state index in [1.54, 1.807) is 11.9 Å². The van der Waals surface area contributed by atoms with Gasteiger partial charge in [-0.3, -0.25) is 0 Å². The van der Waals surface area contributed by atoms with Crippen molar-refractivity contribution in [3.05, 3.63) is 17.3 Å². The van der Waals surface area contributed by atoms with Crippen LogP contribution in [0.3, 0.4) is 0 Å². The third-order valence-corrected chi connectivity index (χ3v) is 4.23. The number of hydrogen-bond donors (Lipinski definition) is 0. The van der Waals surface area contributed by atoms with Crippen LogP contribution in [0.2, 0.25) is 31.0 Å². The van der Waals surface area contributed by atoms with E-state index >= 15 is 0 Å². The van der Waals surface area contributed by atoms with Gasteiger partial charge in [-0.2, -0.15) is 4.98 Å². The fraction of sp³-hybridized carbons (Fsp3) is 0.636. The molecule has 0 aliphatic carbocycles. The monoisotopic (exact) mass is 291 g/mol. The Morgan fingerprint density at radius 3 is 2.72 bits per heavy atom. The van der Waals surface area contributed by atoms with Gasteiger partial charge in [0.25, 0.3) is 0 Å². The number of aromatic nitrogens is 2. The van der Waals surface area contributed by atoms with E-state index in [1.165, 1.54) is 0 Å². The minimum atomic E-state index is -1.09. The Labute approximate surface area is 113 Å². The van der Waals surface area contributed by atoms with Gasteiger partial charge in [0.2, 0.25) is 5.28 Å². The van der Waals surface area contributed by atoms with Crippen molar-refractivity contribution in [3.63, 3.8) is 0 Å². The van der Waals surface area contributed by atoms with Crippen LogP contribution in [0.5, 0.6) is 0 Å². The molecule has 0 fully saturated rings. The molecular weight excluding hydrogens is 273 g/mol. The molecule has 0 N–H and O–H groups in total. The molecular formula is C11H19ClFN3OSi. The summed E-state index contributed by atoms with van der Waals surface area (Å²) in [5.41, 5.74) is 0. The van der Waals surface area contributed by atoms with Crippen molar-refractivity contribution in [1.82, 2.24) is 9.97 Å². The van der Waals surface area contributed by atoms with Crippen LogP contribution >= 0.6 is 11.6 Å². The molecule has 0 saturated heterocycles. The maximum absolute atomic E-state index is 13.4. The summed E-state index contributed by atoms with van der Waals surface area (Å²) >= 11 is 5.63. The highest BCUT2D eigenvalue weighted by molar-refractivity contribution is 6.76. The van der Waals surface area contributed by atoms with E-state index in [9.17, 15) is 4.39 Å². The second kappa shape index (κ2) is 6.45. The minimum absolute atomic E-state index is 0.0281. The number of nitrogens with zero attached hydrogens (tertiary/aromatic N) is 3. The van der Waals surface area contributed by atoms with E-state index in [0.717, 1.165) is 12.2 Å². The van der Waals surface area contributed by atoms with Gasteiger partial charge < -0.3 is 9.64 Å². The average Bonchev–Trinajstić information content (AvgIpc) is 2.26. The molecule has 0 unspecified atom stereocenters. The first kappa shape index (κ1) is 15.3.